The van der Waals surface area contributed by atoms with Crippen molar-refractivity contribution in [1.82, 2.24) is 10.0 Å². The summed E-state index contributed by atoms with van der Waals surface area (Å²) in [5.41, 5.74) is 1.89. The van der Waals surface area contributed by atoms with Crippen LogP contribution in [0.25, 0.3) is 0 Å². The van der Waals surface area contributed by atoms with Gasteiger partial charge in [-0.05, 0) is 55.8 Å². The van der Waals surface area contributed by atoms with Crippen molar-refractivity contribution in [3.05, 3.63) is 64.7 Å². The molecule has 0 aliphatic heterocycles. The van der Waals surface area contributed by atoms with Crippen LogP contribution in [-0.4, -0.2) is 21.4 Å². The van der Waals surface area contributed by atoms with E-state index in [1.165, 1.54) is 19.2 Å². The van der Waals surface area contributed by atoms with E-state index in [9.17, 15) is 13.2 Å². The minimum Gasteiger partial charge on any atom is -0.350 e. The SMILES string of the molecule is CNS(=O)(=O)c1ccc(CCC(=O)N[C@H](C)c2ccc(Cl)cc2)cc1. The number of carbonyl (C=O) groups is 1. The van der Waals surface area contributed by atoms with Crippen LogP contribution in [0.2, 0.25) is 5.02 Å². The fourth-order valence-electron chi connectivity index (χ4n) is 2.36. The van der Waals surface area contributed by atoms with E-state index in [1.807, 2.05) is 19.1 Å². The Bertz CT molecular complexity index is 818. The van der Waals surface area contributed by atoms with Gasteiger partial charge < -0.3 is 5.32 Å². The Balaban J connectivity index is 1.88. The number of sulfonamides is 1. The Morgan fingerprint density at radius 2 is 1.68 bits per heavy atom. The molecule has 0 saturated carbocycles. The van der Waals surface area contributed by atoms with Crippen molar-refractivity contribution < 1.29 is 13.2 Å². The fourth-order valence-corrected chi connectivity index (χ4v) is 3.22. The van der Waals surface area contributed by atoms with Gasteiger partial charge in [-0.25, -0.2) is 13.1 Å². The van der Waals surface area contributed by atoms with Gasteiger partial charge in [0.15, 0.2) is 0 Å². The van der Waals surface area contributed by atoms with Crippen molar-refractivity contribution in [2.24, 2.45) is 0 Å². The highest BCUT2D eigenvalue weighted by atomic mass is 35.5. The molecule has 0 unspecified atom stereocenters. The zero-order valence-corrected chi connectivity index (χ0v) is 15.7. The second-order valence-electron chi connectivity index (χ2n) is 5.69. The molecule has 2 rings (SSSR count). The molecule has 0 radical (unpaired) electrons. The highest BCUT2D eigenvalue weighted by Gasteiger charge is 2.12. The van der Waals surface area contributed by atoms with Gasteiger partial charge >= 0.3 is 0 Å². The summed E-state index contributed by atoms with van der Waals surface area (Å²) in [5.74, 6) is -0.0608. The van der Waals surface area contributed by atoms with Gasteiger partial charge in [-0.2, -0.15) is 0 Å². The Kier molecular flexibility index (Phi) is 6.58. The van der Waals surface area contributed by atoms with E-state index in [-0.39, 0.29) is 16.8 Å². The fraction of sp³-hybridized carbons (Fsp3) is 0.278. The van der Waals surface area contributed by atoms with E-state index in [0.29, 0.717) is 17.9 Å². The maximum Gasteiger partial charge on any atom is 0.240 e. The molecular formula is C18H21ClN2O3S. The number of hydrogen-bond acceptors (Lipinski definition) is 3. The number of nitrogens with one attached hydrogen (secondary N) is 2. The lowest BCUT2D eigenvalue weighted by Crippen LogP contribution is -2.26. The Labute approximate surface area is 153 Å². The lowest BCUT2D eigenvalue weighted by molar-refractivity contribution is -0.121. The average Bonchev–Trinajstić information content (AvgIpc) is 2.61. The lowest BCUT2D eigenvalue weighted by atomic mass is 10.1. The van der Waals surface area contributed by atoms with Crippen LogP contribution < -0.4 is 10.0 Å². The highest BCUT2D eigenvalue weighted by molar-refractivity contribution is 7.89. The zero-order valence-electron chi connectivity index (χ0n) is 14.1. The number of amides is 1. The first-order valence-electron chi connectivity index (χ1n) is 7.89. The van der Waals surface area contributed by atoms with Crippen molar-refractivity contribution in [3.63, 3.8) is 0 Å². The minimum atomic E-state index is -3.43. The molecule has 0 aliphatic carbocycles. The molecular weight excluding hydrogens is 360 g/mol. The number of rotatable bonds is 7. The molecule has 0 heterocycles. The zero-order chi connectivity index (χ0) is 18.4. The summed E-state index contributed by atoms with van der Waals surface area (Å²) in [5, 5.41) is 3.60. The molecule has 7 heteroatoms. The van der Waals surface area contributed by atoms with Gasteiger partial charge in [-0.3, -0.25) is 4.79 Å². The molecule has 0 aromatic heterocycles. The Morgan fingerprint density at radius 1 is 1.08 bits per heavy atom. The first-order chi connectivity index (χ1) is 11.8. The molecule has 0 fully saturated rings. The number of benzene rings is 2. The molecule has 134 valence electrons. The van der Waals surface area contributed by atoms with E-state index in [4.69, 9.17) is 11.6 Å². The molecule has 2 aromatic carbocycles. The van der Waals surface area contributed by atoms with Crippen LogP contribution in [0.1, 0.15) is 30.5 Å². The van der Waals surface area contributed by atoms with Gasteiger partial charge in [0, 0.05) is 11.4 Å². The largest absolute Gasteiger partial charge is 0.350 e. The second kappa shape index (κ2) is 8.47. The predicted octanol–water partition coefficient (Wildman–Crippen LogP) is 3.06. The molecule has 0 spiro atoms. The van der Waals surface area contributed by atoms with Gasteiger partial charge in [-0.1, -0.05) is 35.9 Å². The standard InChI is InChI=1S/C18H21ClN2O3S/c1-13(15-6-8-16(19)9-7-15)21-18(22)12-5-14-3-10-17(11-4-14)25(23,24)20-2/h3-4,6-11,13,20H,5,12H2,1-2H3,(H,21,22)/t13-/m1/s1. The summed E-state index contributed by atoms with van der Waals surface area (Å²) in [6, 6.07) is 13.8. The van der Waals surface area contributed by atoms with E-state index in [0.717, 1.165) is 11.1 Å². The van der Waals surface area contributed by atoms with Gasteiger partial charge in [0.1, 0.15) is 0 Å². The summed E-state index contributed by atoms with van der Waals surface area (Å²) in [6.45, 7) is 1.92. The first-order valence-corrected chi connectivity index (χ1v) is 9.75. The van der Waals surface area contributed by atoms with Crippen molar-refractivity contribution in [2.75, 3.05) is 7.05 Å². The Morgan fingerprint density at radius 3 is 2.24 bits per heavy atom. The van der Waals surface area contributed by atoms with E-state index in [1.54, 1.807) is 24.3 Å². The maximum absolute atomic E-state index is 12.1. The van der Waals surface area contributed by atoms with E-state index in [2.05, 4.69) is 10.0 Å². The van der Waals surface area contributed by atoms with Crippen LogP contribution in [0.15, 0.2) is 53.4 Å². The van der Waals surface area contributed by atoms with Crippen LogP contribution in [0.3, 0.4) is 0 Å². The highest BCUT2D eigenvalue weighted by Crippen LogP contribution is 2.16. The molecule has 0 aliphatic rings. The molecule has 5 nitrogen and oxygen atoms in total. The Hall–Kier alpha value is -1.89. The number of aryl methyl sites for hydroxylation is 1. The van der Waals surface area contributed by atoms with E-state index < -0.39 is 10.0 Å². The van der Waals surface area contributed by atoms with Crippen LogP contribution in [0.4, 0.5) is 0 Å². The van der Waals surface area contributed by atoms with Crippen molar-refractivity contribution in [2.45, 2.75) is 30.7 Å². The molecule has 25 heavy (non-hydrogen) atoms. The topological polar surface area (TPSA) is 75.3 Å². The molecule has 1 atom stereocenters. The summed E-state index contributed by atoms with van der Waals surface area (Å²) >= 11 is 5.86. The third kappa shape index (κ3) is 5.56. The van der Waals surface area contributed by atoms with E-state index >= 15 is 0 Å². The van der Waals surface area contributed by atoms with Crippen LogP contribution in [-0.2, 0) is 21.2 Å². The predicted molar refractivity (Wildman–Crippen MR) is 99.0 cm³/mol. The summed E-state index contributed by atoms with van der Waals surface area (Å²) < 4.78 is 25.6. The normalized spacial score (nSPS) is 12.6. The van der Waals surface area contributed by atoms with Gasteiger partial charge in [-0.15, -0.1) is 0 Å². The van der Waals surface area contributed by atoms with Gasteiger partial charge in [0.05, 0.1) is 10.9 Å². The molecule has 2 N–H and O–H groups in total. The molecule has 1 amide bonds. The van der Waals surface area contributed by atoms with Crippen molar-refractivity contribution in [1.29, 1.82) is 0 Å². The van der Waals surface area contributed by atoms with Gasteiger partial charge in [0.2, 0.25) is 15.9 Å². The van der Waals surface area contributed by atoms with Crippen molar-refractivity contribution in [3.8, 4) is 0 Å². The smallest absolute Gasteiger partial charge is 0.240 e. The quantitative estimate of drug-likeness (QED) is 0.775. The third-order valence-corrected chi connectivity index (χ3v) is 5.57. The minimum absolute atomic E-state index is 0.0608. The van der Waals surface area contributed by atoms with Crippen LogP contribution >= 0.6 is 11.6 Å². The second-order valence-corrected chi connectivity index (χ2v) is 8.02. The lowest BCUT2D eigenvalue weighted by Gasteiger charge is -2.14. The number of carbonyl (C=O) groups excluding carboxylic acids is 1. The number of halogens is 1. The summed E-state index contributed by atoms with van der Waals surface area (Å²) in [4.78, 5) is 12.3. The van der Waals surface area contributed by atoms with Gasteiger partial charge in [0.25, 0.3) is 0 Å². The number of hydrogen-bond donors (Lipinski definition) is 2. The monoisotopic (exact) mass is 380 g/mol. The first kappa shape index (κ1) is 19.4. The molecule has 2 aromatic rings. The van der Waals surface area contributed by atoms with Crippen LogP contribution in [0.5, 0.6) is 0 Å². The van der Waals surface area contributed by atoms with Crippen LogP contribution in [0, 0.1) is 0 Å². The summed E-state index contributed by atoms with van der Waals surface area (Å²) in [7, 11) is -2.06. The molecule has 0 saturated heterocycles. The molecule has 0 bridgehead atoms. The third-order valence-electron chi connectivity index (χ3n) is 3.89. The average molecular weight is 381 g/mol. The maximum atomic E-state index is 12.1. The van der Waals surface area contributed by atoms with Crippen molar-refractivity contribution >= 4 is 27.5 Å². The summed E-state index contributed by atoms with van der Waals surface area (Å²) in [6.07, 6.45) is 0.870.